The van der Waals surface area contributed by atoms with Gasteiger partial charge in [-0.3, -0.25) is 4.79 Å². The monoisotopic (exact) mass is 423 g/mol. The number of carbonyl (C=O) groups excluding carboxylic acids is 1. The van der Waals surface area contributed by atoms with E-state index in [1.54, 1.807) is 6.21 Å². The van der Waals surface area contributed by atoms with E-state index in [2.05, 4.69) is 50.1 Å². The second kappa shape index (κ2) is 8.82. The number of halogens is 1. The van der Waals surface area contributed by atoms with Gasteiger partial charge in [-0.2, -0.15) is 5.10 Å². The fraction of sp³-hybridized carbons (Fsp3) is 0.182. The molecular weight excluding hydrogens is 402 g/mol. The molecule has 0 spiro atoms. The molecule has 0 radical (unpaired) electrons. The molecule has 0 fully saturated rings. The molecule has 0 bridgehead atoms. The molecule has 1 N–H and O–H groups in total. The van der Waals surface area contributed by atoms with Gasteiger partial charge in [0.05, 0.1) is 11.9 Å². The number of nitrogens with one attached hydrogen (secondary N) is 1. The lowest BCUT2D eigenvalue weighted by Crippen LogP contribution is -2.17. The van der Waals surface area contributed by atoms with Gasteiger partial charge >= 0.3 is 0 Å². The number of hydrogen-bond acceptors (Lipinski definition) is 2. The smallest absolute Gasteiger partial charge is 0.240 e. The summed E-state index contributed by atoms with van der Waals surface area (Å²) < 4.78 is 3.20. The zero-order valence-corrected chi connectivity index (χ0v) is 17.0. The van der Waals surface area contributed by atoms with Gasteiger partial charge in [0.1, 0.15) is 0 Å². The minimum atomic E-state index is -0.0882. The van der Waals surface area contributed by atoms with E-state index in [0.717, 1.165) is 32.7 Å². The SMILES string of the molecule is Cc1cc(/C=N\NC(=O)CCc2ccccc2)c(C)n1-c1ccccc1Br. The van der Waals surface area contributed by atoms with Crippen molar-refractivity contribution in [3.05, 3.63) is 87.7 Å². The van der Waals surface area contributed by atoms with Crippen LogP contribution in [-0.2, 0) is 11.2 Å². The summed E-state index contributed by atoms with van der Waals surface area (Å²) in [5.41, 5.74) is 8.01. The second-order valence-electron chi connectivity index (χ2n) is 6.39. The predicted octanol–water partition coefficient (Wildman–Crippen LogP) is 4.94. The third-order valence-electron chi connectivity index (χ3n) is 4.44. The predicted molar refractivity (Wildman–Crippen MR) is 113 cm³/mol. The topological polar surface area (TPSA) is 46.4 Å². The minimum absolute atomic E-state index is 0.0882. The van der Waals surface area contributed by atoms with Crippen molar-refractivity contribution in [3.8, 4) is 5.69 Å². The van der Waals surface area contributed by atoms with Gasteiger partial charge in [0, 0.05) is 27.8 Å². The van der Waals surface area contributed by atoms with Crippen LogP contribution in [0.5, 0.6) is 0 Å². The number of amides is 1. The highest BCUT2D eigenvalue weighted by Crippen LogP contribution is 2.26. The molecular formula is C22H22BrN3O. The molecule has 5 heteroatoms. The Balaban J connectivity index is 1.65. The van der Waals surface area contributed by atoms with Crippen molar-refractivity contribution in [2.75, 3.05) is 0 Å². The Bertz CT molecular complexity index is 961. The third kappa shape index (κ3) is 4.74. The summed E-state index contributed by atoms with van der Waals surface area (Å²) in [6, 6.07) is 20.1. The van der Waals surface area contributed by atoms with Gasteiger partial charge in [-0.15, -0.1) is 0 Å². The molecule has 1 aromatic heterocycles. The Morgan fingerprint density at radius 2 is 1.81 bits per heavy atom. The Kier molecular flexibility index (Phi) is 6.24. The maximum Gasteiger partial charge on any atom is 0.240 e. The van der Waals surface area contributed by atoms with Crippen LogP contribution in [0.25, 0.3) is 5.69 Å². The van der Waals surface area contributed by atoms with Crippen LogP contribution in [0.2, 0.25) is 0 Å². The van der Waals surface area contributed by atoms with Crippen molar-refractivity contribution < 1.29 is 4.79 Å². The van der Waals surface area contributed by atoms with Crippen molar-refractivity contribution in [1.82, 2.24) is 9.99 Å². The molecule has 0 aliphatic rings. The van der Waals surface area contributed by atoms with E-state index in [9.17, 15) is 4.79 Å². The highest BCUT2D eigenvalue weighted by Gasteiger charge is 2.11. The van der Waals surface area contributed by atoms with E-state index in [1.807, 2.05) is 55.5 Å². The molecule has 1 amide bonds. The lowest BCUT2D eigenvalue weighted by atomic mass is 10.1. The number of nitrogens with zero attached hydrogens (tertiary/aromatic N) is 2. The summed E-state index contributed by atoms with van der Waals surface area (Å²) in [6.45, 7) is 4.10. The maximum absolute atomic E-state index is 12.0. The standard InChI is InChI=1S/C22H22BrN3O/c1-16-14-19(17(2)26(16)21-11-7-6-10-20(21)23)15-24-25-22(27)13-12-18-8-4-3-5-9-18/h3-11,14-15H,12-13H2,1-2H3,(H,25,27)/b24-15-. The van der Waals surface area contributed by atoms with Crippen LogP contribution in [0.4, 0.5) is 0 Å². The summed E-state index contributed by atoms with van der Waals surface area (Å²) in [5, 5.41) is 4.14. The number of para-hydroxylation sites is 1. The van der Waals surface area contributed by atoms with E-state index in [1.165, 1.54) is 0 Å². The molecule has 4 nitrogen and oxygen atoms in total. The van der Waals surface area contributed by atoms with Gasteiger partial charge in [0.15, 0.2) is 0 Å². The fourth-order valence-electron chi connectivity index (χ4n) is 3.05. The van der Waals surface area contributed by atoms with E-state index in [0.29, 0.717) is 12.8 Å². The van der Waals surface area contributed by atoms with Crippen LogP contribution >= 0.6 is 15.9 Å². The first-order valence-corrected chi connectivity index (χ1v) is 9.65. The van der Waals surface area contributed by atoms with E-state index in [-0.39, 0.29) is 5.91 Å². The Morgan fingerprint density at radius 3 is 2.56 bits per heavy atom. The average Bonchev–Trinajstić information content (AvgIpc) is 2.95. The molecule has 138 valence electrons. The van der Waals surface area contributed by atoms with Crippen molar-refractivity contribution in [2.45, 2.75) is 26.7 Å². The summed E-state index contributed by atoms with van der Waals surface area (Å²) in [7, 11) is 0. The highest BCUT2D eigenvalue weighted by molar-refractivity contribution is 9.10. The van der Waals surface area contributed by atoms with Gasteiger partial charge in [0.25, 0.3) is 0 Å². The number of aromatic nitrogens is 1. The lowest BCUT2D eigenvalue weighted by Gasteiger charge is -2.11. The number of carbonyl (C=O) groups is 1. The van der Waals surface area contributed by atoms with Crippen LogP contribution < -0.4 is 5.43 Å². The van der Waals surface area contributed by atoms with Crippen molar-refractivity contribution in [1.29, 1.82) is 0 Å². The number of rotatable bonds is 6. The summed E-state index contributed by atoms with van der Waals surface area (Å²) in [6.07, 6.45) is 2.83. The van der Waals surface area contributed by atoms with Gasteiger partial charge in [-0.1, -0.05) is 42.5 Å². The first kappa shape index (κ1) is 19.1. The van der Waals surface area contributed by atoms with Gasteiger partial charge in [-0.25, -0.2) is 5.43 Å². The average molecular weight is 424 g/mol. The van der Waals surface area contributed by atoms with E-state index < -0.39 is 0 Å². The summed E-state index contributed by atoms with van der Waals surface area (Å²) in [4.78, 5) is 12.0. The van der Waals surface area contributed by atoms with Crippen LogP contribution in [-0.4, -0.2) is 16.7 Å². The molecule has 0 atom stereocenters. The molecule has 0 unspecified atom stereocenters. The Morgan fingerprint density at radius 1 is 1.11 bits per heavy atom. The first-order chi connectivity index (χ1) is 13.1. The second-order valence-corrected chi connectivity index (χ2v) is 7.25. The molecule has 0 saturated carbocycles. The lowest BCUT2D eigenvalue weighted by molar-refractivity contribution is -0.121. The number of benzene rings is 2. The maximum atomic E-state index is 12.0. The first-order valence-electron chi connectivity index (χ1n) is 8.86. The van der Waals surface area contributed by atoms with Crippen LogP contribution in [0.1, 0.15) is 28.9 Å². The van der Waals surface area contributed by atoms with Crippen LogP contribution in [0.3, 0.4) is 0 Å². The Labute approximate surface area is 168 Å². The normalized spacial score (nSPS) is 11.1. The highest BCUT2D eigenvalue weighted by atomic mass is 79.9. The molecule has 0 aliphatic carbocycles. The van der Waals surface area contributed by atoms with Crippen molar-refractivity contribution in [2.24, 2.45) is 5.10 Å². The number of aryl methyl sites for hydroxylation is 2. The number of hydrogen-bond donors (Lipinski definition) is 1. The molecule has 3 rings (SSSR count). The van der Waals surface area contributed by atoms with Gasteiger partial charge in [-0.05, 0) is 60.0 Å². The van der Waals surface area contributed by atoms with Crippen molar-refractivity contribution >= 4 is 28.1 Å². The molecule has 0 aliphatic heterocycles. The molecule has 3 aromatic rings. The molecule has 27 heavy (non-hydrogen) atoms. The van der Waals surface area contributed by atoms with Crippen molar-refractivity contribution in [3.63, 3.8) is 0 Å². The molecule has 0 saturated heterocycles. The van der Waals surface area contributed by atoms with Crippen LogP contribution in [0, 0.1) is 13.8 Å². The summed E-state index contributed by atoms with van der Waals surface area (Å²) in [5.74, 6) is -0.0882. The van der Waals surface area contributed by atoms with E-state index in [4.69, 9.17) is 0 Å². The number of hydrazone groups is 1. The van der Waals surface area contributed by atoms with Gasteiger partial charge < -0.3 is 4.57 Å². The van der Waals surface area contributed by atoms with Crippen LogP contribution in [0.15, 0.2) is 70.2 Å². The largest absolute Gasteiger partial charge is 0.317 e. The Hall–Kier alpha value is -2.66. The third-order valence-corrected chi connectivity index (χ3v) is 5.11. The fourth-order valence-corrected chi connectivity index (χ4v) is 3.52. The molecule has 1 heterocycles. The minimum Gasteiger partial charge on any atom is -0.317 e. The molecule has 2 aromatic carbocycles. The zero-order chi connectivity index (χ0) is 19.2. The van der Waals surface area contributed by atoms with Gasteiger partial charge in [0.2, 0.25) is 5.91 Å². The zero-order valence-electron chi connectivity index (χ0n) is 15.4. The summed E-state index contributed by atoms with van der Waals surface area (Å²) >= 11 is 3.61. The van der Waals surface area contributed by atoms with E-state index >= 15 is 0 Å². The quantitative estimate of drug-likeness (QED) is 0.442.